The van der Waals surface area contributed by atoms with Gasteiger partial charge >= 0.3 is 5.97 Å². The van der Waals surface area contributed by atoms with Crippen molar-refractivity contribution in [3.8, 4) is 0 Å². The van der Waals surface area contributed by atoms with Gasteiger partial charge in [-0.3, -0.25) is 4.79 Å². The number of esters is 1. The van der Waals surface area contributed by atoms with E-state index in [0.29, 0.717) is 5.92 Å². The molecule has 1 rings (SSSR count). The molecule has 2 nitrogen and oxygen atoms in total. The number of hydrogen-bond donors (Lipinski definition) is 0. The molecule has 0 saturated heterocycles. The number of methoxy groups -OCH3 is 1. The lowest BCUT2D eigenvalue weighted by atomic mass is 9.77. The first-order valence-corrected chi connectivity index (χ1v) is 6.64. The van der Waals surface area contributed by atoms with Crippen molar-refractivity contribution in [3.05, 3.63) is 34.9 Å². The molecule has 18 heavy (non-hydrogen) atoms. The molecule has 0 fully saturated rings. The number of carbonyl (C=O) groups is 1. The van der Waals surface area contributed by atoms with Crippen LogP contribution in [0.3, 0.4) is 0 Å². The Hall–Kier alpha value is -1.02. The smallest absolute Gasteiger partial charge is 0.311 e. The Bertz CT molecular complexity index is 399. The summed E-state index contributed by atoms with van der Waals surface area (Å²) in [6.45, 7) is 6.11. The second-order valence-corrected chi connectivity index (χ2v) is 5.50. The van der Waals surface area contributed by atoms with E-state index in [2.05, 4.69) is 6.92 Å². The average Bonchev–Trinajstić information content (AvgIpc) is 2.38. The summed E-state index contributed by atoms with van der Waals surface area (Å²) in [5.41, 5.74) is 0.774. The summed E-state index contributed by atoms with van der Waals surface area (Å²) in [6, 6.07) is 7.80. The molecule has 0 saturated carbocycles. The van der Waals surface area contributed by atoms with Gasteiger partial charge in [0.05, 0.1) is 12.5 Å². The molecule has 0 aliphatic heterocycles. The third-order valence-electron chi connectivity index (χ3n) is 3.65. The Kier molecular flexibility index (Phi) is 5.21. The molecule has 1 aromatic rings. The van der Waals surface area contributed by atoms with Gasteiger partial charge in [0.1, 0.15) is 0 Å². The van der Waals surface area contributed by atoms with Crippen LogP contribution in [0.5, 0.6) is 0 Å². The minimum atomic E-state index is -0.423. The van der Waals surface area contributed by atoms with E-state index in [-0.39, 0.29) is 5.97 Å². The van der Waals surface area contributed by atoms with Crippen LogP contribution in [-0.2, 0) is 9.53 Å². The normalized spacial score (nSPS) is 15.8. The van der Waals surface area contributed by atoms with Crippen molar-refractivity contribution in [1.82, 2.24) is 0 Å². The van der Waals surface area contributed by atoms with Crippen LogP contribution in [0, 0.1) is 5.41 Å². The van der Waals surface area contributed by atoms with Gasteiger partial charge in [0.2, 0.25) is 0 Å². The summed E-state index contributed by atoms with van der Waals surface area (Å²) < 4.78 is 4.90. The van der Waals surface area contributed by atoms with Crippen LogP contribution in [0.25, 0.3) is 0 Å². The highest BCUT2D eigenvalue weighted by molar-refractivity contribution is 6.30. The third kappa shape index (κ3) is 3.49. The van der Waals surface area contributed by atoms with Crippen molar-refractivity contribution in [3.63, 3.8) is 0 Å². The fourth-order valence-corrected chi connectivity index (χ4v) is 2.33. The Morgan fingerprint density at radius 2 is 1.94 bits per heavy atom. The van der Waals surface area contributed by atoms with Gasteiger partial charge < -0.3 is 4.74 Å². The van der Waals surface area contributed by atoms with Crippen molar-refractivity contribution in [2.45, 2.75) is 39.5 Å². The van der Waals surface area contributed by atoms with E-state index < -0.39 is 5.41 Å². The fourth-order valence-electron chi connectivity index (χ4n) is 2.20. The number of halogens is 1. The number of ether oxygens (including phenoxy) is 1. The topological polar surface area (TPSA) is 26.3 Å². The first-order chi connectivity index (χ1) is 8.42. The maximum Gasteiger partial charge on any atom is 0.311 e. The van der Waals surface area contributed by atoms with Crippen molar-refractivity contribution < 1.29 is 9.53 Å². The van der Waals surface area contributed by atoms with Gasteiger partial charge in [-0.1, -0.05) is 37.6 Å². The Morgan fingerprint density at radius 1 is 1.39 bits per heavy atom. The first-order valence-electron chi connectivity index (χ1n) is 6.27. The largest absolute Gasteiger partial charge is 0.469 e. The predicted octanol–water partition coefficient (Wildman–Crippen LogP) is 4.42. The quantitative estimate of drug-likeness (QED) is 0.739. The number of rotatable bonds is 5. The molecule has 0 amide bonds. The van der Waals surface area contributed by atoms with Crippen LogP contribution in [0.15, 0.2) is 24.3 Å². The van der Waals surface area contributed by atoms with E-state index in [9.17, 15) is 4.79 Å². The van der Waals surface area contributed by atoms with Crippen LogP contribution in [-0.4, -0.2) is 13.1 Å². The lowest BCUT2D eigenvalue weighted by molar-refractivity contribution is -0.152. The molecule has 0 radical (unpaired) electrons. The van der Waals surface area contributed by atoms with Gasteiger partial charge in [0.25, 0.3) is 0 Å². The molecular formula is C15H21ClO2. The first kappa shape index (κ1) is 15.0. The predicted molar refractivity (Wildman–Crippen MR) is 74.9 cm³/mol. The second-order valence-electron chi connectivity index (χ2n) is 5.06. The second kappa shape index (κ2) is 6.24. The monoisotopic (exact) mass is 268 g/mol. The molecule has 0 aliphatic carbocycles. The summed E-state index contributed by atoms with van der Waals surface area (Å²) in [5.74, 6) is 0.164. The lowest BCUT2D eigenvalue weighted by Gasteiger charge is -2.28. The zero-order chi connectivity index (χ0) is 13.8. The summed E-state index contributed by atoms with van der Waals surface area (Å²) in [7, 11) is 1.45. The van der Waals surface area contributed by atoms with Gasteiger partial charge in [-0.2, -0.15) is 0 Å². The third-order valence-corrected chi connectivity index (χ3v) is 3.91. The molecule has 3 heteroatoms. The number of benzene rings is 1. The van der Waals surface area contributed by atoms with Crippen LogP contribution in [0.4, 0.5) is 0 Å². The highest BCUT2D eigenvalue weighted by atomic mass is 35.5. The molecule has 0 spiro atoms. The molecular weight excluding hydrogens is 248 g/mol. The van der Waals surface area contributed by atoms with Gasteiger partial charge in [0.15, 0.2) is 0 Å². The molecule has 0 aromatic heterocycles. The molecule has 1 aromatic carbocycles. The highest BCUT2D eigenvalue weighted by Crippen LogP contribution is 2.35. The summed E-state index contributed by atoms with van der Waals surface area (Å²) in [4.78, 5) is 11.8. The standard InChI is InChI=1S/C15H21ClO2/c1-5-15(3,14(17)18-4)10-11(2)12-6-8-13(16)9-7-12/h6-9,11H,5,10H2,1-4H3. The highest BCUT2D eigenvalue weighted by Gasteiger charge is 2.34. The molecule has 0 bridgehead atoms. The maximum absolute atomic E-state index is 11.8. The Labute approximate surface area is 114 Å². The van der Waals surface area contributed by atoms with Crippen molar-refractivity contribution >= 4 is 17.6 Å². The van der Waals surface area contributed by atoms with E-state index in [1.807, 2.05) is 38.1 Å². The van der Waals surface area contributed by atoms with Crippen LogP contribution < -0.4 is 0 Å². The zero-order valence-electron chi connectivity index (χ0n) is 11.5. The number of carbonyl (C=O) groups excluding carboxylic acids is 1. The van der Waals surface area contributed by atoms with Gasteiger partial charge in [-0.05, 0) is 43.4 Å². The molecule has 0 heterocycles. The average molecular weight is 269 g/mol. The van der Waals surface area contributed by atoms with Crippen molar-refractivity contribution in [2.75, 3.05) is 7.11 Å². The van der Waals surface area contributed by atoms with Crippen LogP contribution >= 0.6 is 11.6 Å². The lowest BCUT2D eigenvalue weighted by Crippen LogP contribution is -2.30. The Morgan fingerprint density at radius 3 is 2.39 bits per heavy atom. The van der Waals surface area contributed by atoms with Crippen molar-refractivity contribution in [2.24, 2.45) is 5.41 Å². The maximum atomic E-state index is 11.8. The van der Waals surface area contributed by atoms with Crippen LogP contribution in [0.1, 0.15) is 45.1 Å². The van der Waals surface area contributed by atoms with Crippen LogP contribution in [0.2, 0.25) is 5.02 Å². The van der Waals surface area contributed by atoms with E-state index in [1.165, 1.54) is 12.7 Å². The molecule has 2 atom stereocenters. The van der Waals surface area contributed by atoms with E-state index in [1.54, 1.807) is 0 Å². The molecule has 100 valence electrons. The Balaban J connectivity index is 2.82. The summed E-state index contributed by atoms with van der Waals surface area (Å²) in [5, 5.41) is 0.733. The summed E-state index contributed by atoms with van der Waals surface area (Å²) >= 11 is 5.88. The van der Waals surface area contributed by atoms with Gasteiger partial charge in [0, 0.05) is 5.02 Å². The minimum absolute atomic E-state index is 0.134. The minimum Gasteiger partial charge on any atom is -0.469 e. The zero-order valence-corrected chi connectivity index (χ0v) is 12.3. The molecule has 0 N–H and O–H groups in total. The van der Waals surface area contributed by atoms with Crippen molar-refractivity contribution in [1.29, 1.82) is 0 Å². The SMILES string of the molecule is CCC(C)(CC(C)c1ccc(Cl)cc1)C(=O)OC. The van der Waals surface area contributed by atoms with E-state index >= 15 is 0 Å². The van der Waals surface area contributed by atoms with Gasteiger partial charge in [-0.25, -0.2) is 0 Å². The van der Waals surface area contributed by atoms with E-state index in [4.69, 9.17) is 16.3 Å². The molecule has 2 unspecified atom stereocenters. The van der Waals surface area contributed by atoms with Gasteiger partial charge in [-0.15, -0.1) is 0 Å². The van der Waals surface area contributed by atoms with E-state index in [0.717, 1.165) is 17.9 Å². The summed E-state index contributed by atoms with van der Waals surface area (Å²) in [6.07, 6.45) is 1.55. The number of hydrogen-bond acceptors (Lipinski definition) is 2. The fraction of sp³-hybridized carbons (Fsp3) is 0.533. The molecule has 0 aliphatic rings.